The molecule has 1 rings (SSSR count). The summed E-state index contributed by atoms with van der Waals surface area (Å²) in [5, 5.41) is 10.2. The van der Waals surface area contributed by atoms with Gasteiger partial charge in [0.1, 0.15) is 5.60 Å². The molecule has 0 fully saturated rings. The first kappa shape index (κ1) is 16.1. The van der Waals surface area contributed by atoms with Crippen LogP contribution in [-0.2, 0) is 4.74 Å². The standard InChI is InChI=1S/C14H24N4O2/c1-14(2,3)20-13(19)18-7-5-10(6-8-18)12(17-4)11(16)9-15/h5,9,15,17H,6-8,16H2,1-4H3/b12-11+,15-9?. The minimum Gasteiger partial charge on any atom is -0.444 e. The minimum absolute atomic E-state index is 0.303. The van der Waals surface area contributed by atoms with Gasteiger partial charge in [-0.2, -0.15) is 0 Å². The molecule has 0 saturated heterocycles. The van der Waals surface area contributed by atoms with E-state index in [0.29, 0.717) is 25.2 Å². The third-order valence-corrected chi connectivity index (χ3v) is 2.88. The maximum atomic E-state index is 11.9. The van der Waals surface area contributed by atoms with Crippen LogP contribution in [0.1, 0.15) is 27.2 Å². The fraction of sp³-hybridized carbons (Fsp3) is 0.571. The summed E-state index contributed by atoms with van der Waals surface area (Å²) in [5.41, 5.74) is 7.45. The lowest BCUT2D eigenvalue weighted by molar-refractivity contribution is 0.0266. The van der Waals surface area contributed by atoms with Crippen molar-refractivity contribution < 1.29 is 9.53 Å². The Kier molecular flexibility index (Phi) is 5.19. The zero-order chi connectivity index (χ0) is 15.3. The van der Waals surface area contributed by atoms with Crippen molar-refractivity contribution in [2.75, 3.05) is 20.1 Å². The van der Waals surface area contributed by atoms with Crippen molar-refractivity contribution >= 4 is 12.3 Å². The molecule has 1 aliphatic rings. The summed E-state index contributed by atoms with van der Waals surface area (Å²) in [6, 6.07) is 0. The van der Waals surface area contributed by atoms with Crippen molar-refractivity contribution in [1.29, 1.82) is 5.41 Å². The van der Waals surface area contributed by atoms with Crippen molar-refractivity contribution in [2.24, 2.45) is 5.73 Å². The number of nitrogens with zero attached hydrogens (tertiary/aromatic N) is 1. The molecule has 0 aromatic heterocycles. The number of nitrogens with one attached hydrogen (secondary N) is 2. The molecule has 1 heterocycles. The quantitative estimate of drug-likeness (QED) is 0.685. The molecule has 0 radical (unpaired) electrons. The molecule has 0 unspecified atom stereocenters. The van der Waals surface area contributed by atoms with Gasteiger partial charge in [-0.05, 0) is 32.8 Å². The number of nitrogens with two attached hydrogens (primary N) is 1. The fourth-order valence-electron chi connectivity index (χ4n) is 1.95. The molecule has 20 heavy (non-hydrogen) atoms. The highest BCUT2D eigenvalue weighted by molar-refractivity contribution is 5.77. The normalized spacial score (nSPS) is 17.0. The van der Waals surface area contributed by atoms with Gasteiger partial charge in [-0.15, -0.1) is 0 Å². The third kappa shape index (κ3) is 4.29. The predicted molar refractivity (Wildman–Crippen MR) is 79.6 cm³/mol. The van der Waals surface area contributed by atoms with Crippen LogP contribution in [0.2, 0.25) is 0 Å². The number of ether oxygens (including phenoxy) is 1. The summed E-state index contributed by atoms with van der Waals surface area (Å²) in [7, 11) is 1.77. The van der Waals surface area contributed by atoms with E-state index in [1.807, 2.05) is 26.8 Å². The molecule has 1 amide bonds. The topological polar surface area (TPSA) is 91.4 Å². The van der Waals surface area contributed by atoms with Gasteiger partial charge in [-0.25, -0.2) is 4.79 Å². The van der Waals surface area contributed by atoms with Gasteiger partial charge in [0.15, 0.2) is 0 Å². The fourth-order valence-corrected chi connectivity index (χ4v) is 1.95. The van der Waals surface area contributed by atoms with Gasteiger partial charge in [0, 0.05) is 26.4 Å². The molecule has 6 heteroatoms. The molecule has 0 bridgehead atoms. The summed E-state index contributed by atoms with van der Waals surface area (Å²) in [6.07, 6.45) is 3.44. The SMILES string of the molecule is CN/C(C1=CCN(C(=O)OC(C)(C)C)CC1)=C(/N)C=N. The highest BCUT2D eigenvalue weighted by atomic mass is 16.6. The first-order chi connectivity index (χ1) is 9.28. The van der Waals surface area contributed by atoms with Gasteiger partial charge in [0.2, 0.25) is 0 Å². The van der Waals surface area contributed by atoms with Crippen LogP contribution >= 0.6 is 0 Å². The van der Waals surface area contributed by atoms with Gasteiger partial charge < -0.3 is 26.1 Å². The highest BCUT2D eigenvalue weighted by Gasteiger charge is 2.24. The van der Waals surface area contributed by atoms with Crippen molar-refractivity contribution in [3.05, 3.63) is 23.0 Å². The summed E-state index contributed by atoms with van der Waals surface area (Å²) in [4.78, 5) is 13.6. The largest absolute Gasteiger partial charge is 0.444 e. The molecular weight excluding hydrogens is 256 g/mol. The molecule has 0 saturated carbocycles. The number of carbonyl (C=O) groups is 1. The average Bonchev–Trinajstić information content (AvgIpc) is 2.38. The second-order valence-corrected chi connectivity index (χ2v) is 5.63. The Morgan fingerprint density at radius 2 is 2.20 bits per heavy atom. The summed E-state index contributed by atoms with van der Waals surface area (Å²) >= 11 is 0. The highest BCUT2D eigenvalue weighted by Crippen LogP contribution is 2.20. The zero-order valence-electron chi connectivity index (χ0n) is 12.6. The Morgan fingerprint density at radius 3 is 2.60 bits per heavy atom. The lowest BCUT2D eigenvalue weighted by Gasteiger charge is -2.30. The van der Waals surface area contributed by atoms with Crippen LogP contribution in [0.4, 0.5) is 4.79 Å². The average molecular weight is 280 g/mol. The lowest BCUT2D eigenvalue weighted by Crippen LogP contribution is -2.39. The number of allylic oxidation sites excluding steroid dienone is 2. The van der Waals surface area contributed by atoms with Gasteiger partial charge in [-0.3, -0.25) is 0 Å². The van der Waals surface area contributed by atoms with Crippen molar-refractivity contribution in [3.63, 3.8) is 0 Å². The summed E-state index contributed by atoms with van der Waals surface area (Å²) in [6.45, 7) is 6.62. The van der Waals surface area contributed by atoms with Crippen LogP contribution in [0.25, 0.3) is 0 Å². The molecule has 1 aliphatic heterocycles. The van der Waals surface area contributed by atoms with Gasteiger partial charge in [-0.1, -0.05) is 6.08 Å². The number of hydrogen-bond donors (Lipinski definition) is 3. The van der Waals surface area contributed by atoms with E-state index >= 15 is 0 Å². The van der Waals surface area contributed by atoms with Crippen LogP contribution in [-0.4, -0.2) is 42.9 Å². The third-order valence-electron chi connectivity index (χ3n) is 2.88. The van der Waals surface area contributed by atoms with E-state index in [1.165, 1.54) is 0 Å². The van der Waals surface area contributed by atoms with Crippen LogP contribution in [0.15, 0.2) is 23.0 Å². The summed E-state index contributed by atoms with van der Waals surface area (Å²) in [5.74, 6) is 0. The monoisotopic (exact) mass is 280 g/mol. The predicted octanol–water partition coefficient (Wildman–Crippen LogP) is 1.59. The maximum absolute atomic E-state index is 11.9. The first-order valence-electron chi connectivity index (χ1n) is 6.63. The van der Waals surface area contributed by atoms with Crippen molar-refractivity contribution in [3.8, 4) is 0 Å². The van der Waals surface area contributed by atoms with E-state index in [0.717, 1.165) is 17.5 Å². The maximum Gasteiger partial charge on any atom is 0.410 e. The smallest absolute Gasteiger partial charge is 0.410 e. The van der Waals surface area contributed by atoms with E-state index in [-0.39, 0.29) is 6.09 Å². The Balaban J connectivity index is 2.75. The number of rotatable bonds is 3. The van der Waals surface area contributed by atoms with Crippen LogP contribution in [0, 0.1) is 5.41 Å². The molecule has 4 N–H and O–H groups in total. The Bertz CT molecular complexity index is 447. The van der Waals surface area contributed by atoms with Crippen molar-refractivity contribution in [1.82, 2.24) is 10.2 Å². The number of hydrogen-bond acceptors (Lipinski definition) is 5. The van der Waals surface area contributed by atoms with E-state index < -0.39 is 5.60 Å². The second-order valence-electron chi connectivity index (χ2n) is 5.63. The molecule has 0 aromatic carbocycles. The molecule has 0 aliphatic carbocycles. The lowest BCUT2D eigenvalue weighted by atomic mass is 10.0. The molecule has 0 aromatic rings. The van der Waals surface area contributed by atoms with Crippen LogP contribution < -0.4 is 11.1 Å². The zero-order valence-corrected chi connectivity index (χ0v) is 12.6. The summed E-state index contributed by atoms with van der Waals surface area (Å²) < 4.78 is 5.34. The van der Waals surface area contributed by atoms with Crippen molar-refractivity contribution in [2.45, 2.75) is 32.8 Å². The minimum atomic E-state index is -0.484. The van der Waals surface area contributed by atoms with Gasteiger partial charge in [0.25, 0.3) is 0 Å². The molecule has 0 atom stereocenters. The first-order valence-corrected chi connectivity index (χ1v) is 6.63. The van der Waals surface area contributed by atoms with E-state index in [1.54, 1.807) is 11.9 Å². The molecular formula is C14H24N4O2. The Morgan fingerprint density at radius 1 is 1.55 bits per heavy atom. The van der Waals surface area contributed by atoms with Gasteiger partial charge in [0.05, 0.1) is 11.4 Å². The van der Waals surface area contributed by atoms with E-state index in [2.05, 4.69) is 5.32 Å². The number of carbonyl (C=O) groups excluding carboxylic acids is 1. The molecule has 112 valence electrons. The number of likely N-dealkylation sites (N-methyl/N-ethyl adjacent to an activating group) is 1. The molecule has 6 nitrogen and oxygen atoms in total. The Labute approximate surface area is 120 Å². The molecule has 0 spiro atoms. The second kappa shape index (κ2) is 6.45. The van der Waals surface area contributed by atoms with E-state index in [9.17, 15) is 4.79 Å². The van der Waals surface area contributed by atoms with Gasteiger partial charge >= 0.3 is 6.09 Å². The van der Waals surface area contributed by atoms with Crippen LogP contribution in [0.5, 0.6) is 0 Å². The Hall–Kier alpha value is -1.98. The van der Waals surface area contributed by atoms with Crippen LogP contribution in [0.3, 0.4) is 0 Å². The number of amides is 1. The van der Waals surface area contributed by atoms with E-state index in [4.69, 9.17) is 15.9 Å².